The highest BCUT2D eigenvalue weighted by atomic mass is 16.5. The molecule has 15 heavy (non-hydrogen) atoms. The summed E-state index contributed by atoms with van der Waals surface area (Å²) in [5.74, 6) is -0.722. The average molecular weight is 203 g/mol. The number of para-hydroxylation sites is 1. The molecule has 1 aliphatic rings. The zero-order chi connectivity index (χ0) is 10.8. The monoisotopic (exact) mass is 203 g/mol. The van der Waals surface area contributed by atoms with E-state index in [0.29, 0.717) is 5.69 Å². The zero-order valence-corrected chi connectivity index (χ0v) is 8.14. The van der Waals surface area contributed by atoms with Crippen molar-refractivity contribution in [2.45, 2.75) is 0 Å². The van der Waals surface area contributed by atoms with E-state index in [9.17, 15) is 9.59 Å². The lowest BCUT2D eigenvalue weighted by molar-refractivity contribution is -0.121. The minimum absolute atomic E-state index is 0.0730. The molecule has 0 saturated heterocycles. The van der Waals surface area contributed by atoms with Gasteiger partial charge in [0.1, 0.15) is 0 Å². The van der Waals surface area contributed by atoms with Crippen molar-refractivity contribution in [2.75, 3.05) is 12.0 Å². The molecule has 0 spiro atoms. The predicted octanol–water partition coefficient (Wildman–Crippen LogP) is 1.09. The van der Waals surface area contributed by atoms with Crippen LogP contribution in [-0.2, 0) is 14.3 Å². The highest BCUT2D eigenvalue weighted by molar-refractivity contribution is 6.29. The van der Waals surface area contributed by atoms with Crippen LogP contribution in [0.3, 0.4) is 0 Å². The minimum Gasteiger partial charge on any atom is -0.491 e. The van der Waals surface area contributed by atoms with Crippen LogP contribution in [0, 0.1) is 0 Å². The van der Waals surface area contributed by atoms with Crippen LogP contribution in [0.4, 0.5) is 5.69 Å². The number of carbonyl (C=O) groups excluding carboxylic acids is 2. The molecule has 76 valence electrons. The second-order valence-electron chi connectivity index (χ2n) is 3.03. The molecule has 0 unspecified atom stereocenters. The largest absolute Gasteiger partial charge is 0.491 e. The van der Waals surface area contributed by atoms with E-state index >= 15 is 0 Å². The van der Waals surface area contributed by atoms with E-state index in [1.165, 1.54) is 13.2 Å². The quantitative estimate of drug-likeness (QED) is 0.676. The van der Waals surface area contributed by atoms with Gasteiger partial charge in [-0.15, -0.1) is 0 Å². The van der Waals surface area contributed by atoms with Crippen molar-refractivity contribution in [2.24, 2.45) is 0 Å². The molecule has 0 radical (unpaired) electrons. The van der Waals surface area contributed by atoms with E-state index in [-0.39, 0.29) is 11.7 Å². The molecule has 4 nitrogen and oxygen atoms in total. The summed E-state index contributed by atoms with van der Waals surface area (Å²) in [6.45, 7) is 0. The molecule has 0 fully saturated rings. The highest BCUT2D eigenvalue weighted by Crippen LogP contribution is 2.21. The van der Waals surface area contributed by atoms with Gasteiger partial charge in [0, 0.05) is 0 Å². The summed E-state index contributed by atoms with van der Waals surface area (Å²) >= 11 is 0. The van der Waals surface area contributed by atoms with Gasteiger partial charge in [-0.1, -0.05) is 18.2 Å². The first-order valence-corrected chi connectivity index (χ1v) is 4.43. The third kappa shape index (κ3) is 1.50. The number of carbonyl (C=O) groups is 2. The summed E-state index contributed by atoms with van der Waals surface area (Å²) in [6.07, 6.45) is 1.19. The number of amides is 2. The van der Waals surface area contributed by atoms with Crippen LogP contribution in [0.2, 0.25) is 0 Å². The van der Waals surface area contributed by atoms with Gasteiger partial charge in [0.15, 0.2) is 5.76 Å². The molecule has 0 atom stereocenters. The maximum Gasteiger partial charge on any atom is 0.300 e. The fraction of sp³-hybridized carbons (Fsp3) is 0.0909. The van der Waals surface area contributed by atoms with Crippen LogP contribution in [-0.4, -0.2) is 18.9 Å². The molecular formula is C11H9NO3. The Hall–Kier alpha value is -2.10. The van der Waals surface area contributed by atoms with Crippen molar-refractivity contribution >= 4 is 17.5 Å². The number of anilines is 1. The third-order valence-electron chi connectivity index (χ3n) is 2.12. The standard InChI is InChI=1S/C11H9NO3/c1-15-9-7-10(13)12(11(9)14)8-5-3-2-4-6-8/h2-7H,1H3. The SMILES string of the molecule is COC1=CC(=O)N(c2ccccc2)C1=O. The summed E-state index contributed by atoms with van der Waals surface area (Å²) in [5.41, 5.74) is 0.552. The summed E-state index contributed by atoms with van der Waals surface area (Å²) < 4.78 is 4.79. The van der Waals surface area contributed by atoms with Gasteiger partial charge in [-0.25, -0.2) is 4.90 Å². The Morgan fingerprint density at radius 2 is 1.80 bits per heavy atom. The van der Waals surface area contributed by atoms with E-state index in [1.54, 1.807) is 24.3 Å². The fourth-order valence-corrected chi connectivity index (χ4v) is 1.42. The van der Waals surface area contributed by atoms with Crippen molar-refractivity contribution in [1.82, 2.24) is 0 Å². The van der Waals surface area contributed by atoms with Gasteiger partial charge in [0.2, 0.25) is 0 Å². The first kappa shape index (κ1) is 9.45. The van der Waals surface area contributed by atoms with Crippen molar-refractivity contribution in [3.05, 3.63) is 42.2 Å². The van der Waals surface area contributed by atoms with E-state index in [1.807, 2.05) is 6.07 Å². The van der Waals surface area contributed by atoms with Gasteiger partial charge >= 0.3 is 5.91 Å². The summed E-state index contributed by atoms with van der Waals surface area (Å²) in [4.78, 5) is 24.2. The summed E-state index contributed by atoms with van der Waals surface area (Å²) in [5, 5.41) is 0. The smallest absolute Gasteiger partial charge is 0.300 e. The molecule has 2 amide bonds. The van der Waals surface area contributed by atoms with E-state index < -0.39 is 5.91 Å². The lowest BCUT2D eigenvalue weighted by atomic mass is 10.3. The molecule has 0 aliphatic carbocycles. The molecule has 2 rings (SSSR count). The number of imide groups is 1. The molecule has 0 bridgehead atoms. The van der Waals surface area contributed by atoms with Gasteiger partial charge in [-0.3, -0.25) is 9.59 Å². The van der Waals surface area contributed by atoms with Crippen LogP contribution >= 0.6 is 0 Å². The van der Waals surface area contributed by atoms with E-state index in [2.05, 4.69) is 0 Å². The predicted molar refractivity (Wildman–Crippen MR) is 54.0 cm³/mol. The summed E-state index contributed by atoms with van der Waals surface area (Å²) in [7, 11) is 1.37. The maximum atomic E-state index is 11.7. The molecular weight excluding hydrogens is 194 g/mol. The first-order valence-electron chi connectivity index (χ1n) is 4.43. The van der Waals surface area contributed by atoms with Gasteiger partial charge in [0.25, 0.3) is 5.91 Å². The Balaban J connectivity index is 2.35. The number of benzene rings is 1. The van der Waals surface area contributed by atoms with Gasteiger partial charge < -0.3 is 4.74 Å². The lowest BCUT2D eigenvalue weighted by Crippen LogP contribution is -2.30. The number of nitrogens with zero attached hydrogens (tertiary/aromatic N) is 1. The Morgan fingerprint density at radius 3 is 2.33 bits per heavy atom. The average Bonchev–Trinajstić information content (AvgIpc) is 2.55. The van der Waals surface area contributed by atoms with Crippen LogP contribution in [0.1, 0.15) is 0 Å². The fourth-order valence-electron chi connectivity index (χ4n) is 1.42. The Kier molecular flexibility index (Phi) is 2.25. The second-order valence-corrected chi connectivity index (χ2v) is 3.03. The van der Waals surface area contributed by atoms with Crippen LogP contribution < -0.4 is 4.90 Å². The normalized spacial score (nSPS) is 15.5. The van der Waals surface area contributed by atoms with Gasteiger partial charge in [-0.2, -0.15) is 0 Å². The first-order chi connectivity index (χ1) is 7.24. The molecule has 1 aromatic rings. The molecule has 0 saturated carbocycles. The molecule has 1 heterocycles. The van der Waals surface area contributed by atoms with Crippen LogP contribution in [0.5, 0.6) is 0 Å². The molecule has 0 N–H and O–H groups in total. The van der Waals surface area contributed by atoms with E-state index in [0.717, 1.165) is 4.90 Å². The molecule has 0 aromatic heterocycles. The van der Waals surface area contributed by atoms with Crippen molar-refractivity contribution in [3.63, 3.8) is 0 Å². The zero-order valence-electron chi connectivity index (χ0n) is 8.14. The topological polar surface area (TPSA) is 46.6 Å². The Labute approximate surface area is 86.8 Å². The third-order valence-corrected chi connectivity index (χ3v) is 2.12. The molecule has 1 aliphatic heterocycles. The molecule has 4 heteroatoms. The van der Waals surface area contributed by atoms with Crippen LogP contribution in [0.25, 0.3) is 0 Å². The van der Waals surface area contributed by atoms with E-state index in [4.69, 9.17) is 4.74 Å². The second kappa shape index (κ2) is 3.57. The minimum atomic E-state index is -0.422. The summed E-state index contributed by atoms with van der Waals surface area (Å²) in [6, 6.07) is 8.74. The molecule has 1 aromatic carbocycles. The van der Waals surface area contributed by atoms with Crippen molar-refractivity contribution in [3.8, 4) is 0 Å². The van der Waals surface area contributed by atoms with Crippen molar-refractivity contribution < 1.29 is 14.3 Å². The number of rotatable bonds is 2. The van der Waals surface area contributed by atoms with Gasteiger partial charge in [-0.05, 0) is 12.1 Å². The number of methoxy groups -OCH3 is 1. The highest BCUT2D eigenvalue weighted by Gasteiger charge is 2.32. The Morgan fingerprint density at radius 1 is 1.13 bits per heavy atom. The lowest BCUT2D eigenvalue weighted by Gasteiger charge is -2.13. The Bertz CT molecular complexity index is 436. The van der Waals surface area contributed by atoms with Crippen molar-refractivity contribution in [1.29, 1.82) is 0 Å². The van der Waals surface area contributed by atoms with Gasteiger partial charge in [0.05, 0.1) is 18.9 Å². The maximum absolute atomic E-state index is 11.7. The number of hydrogen-bond donors (Lipinski definition) is 0. The number of ether oxygens (including phenoxy) is 1. The van der Waals surface area contributed by atoms with Crippen LogP contribution in [0.15, 0.2) is 42.2 Å². The number of hydrogen-bond acceptors (Lipinski definition) is 3.